The maximum atomic E-state index is 13.5. The Morgan fingerprint density at radius 1 is 1.14 bits per heavy atom. The molecule has 2 aromatic carbocycles. The molecule has 1 N–H and O–H groups in total. The van der Waals surface area contributed by atoms with Crippen LogP contribution in [0.15, 0.2) is 42.5 Å². The number of amides is 2. The maximum absolute atomic E-state index is 13.5. The van der Waals surface area contributed by atoms with Gasteiger partial charge in [0.1, 0.15) is 5.82 Å². The molecular formula is C22H21FN4O2. The fourth-order valence-corrected chi connectivity index (χ4v) is 3.95. The van der Waals surface area contributed by atoms with Gasteiger partial charge >= 0.3 is 0 Å². The summed E-state index contributed by atoms with van der Waals surface area (Å²) >= 11 is 0. The van der Waals surface area contributed by atoms with Crippen molar-refractivity contribution in [2.24, 2.45) is 0 Å². The monoisotopic (exact) mass is 392 g/mol. The zero-order chi connectivity index (χ0) is 20.4. The molecule has 4 rings (SSSR count). The Kier molecular flexibility index (Phi) is 5.28. The molecule has 2 heterocycles. The fourth-order valence-electron chi connectivity index (χ4n) is 3.95. The number of piperazine rings is 1. The average Bonchev–Trinajstić information content (AvgIpc) is 2.73. The third-order valence-corrected chi connectivity index (χ3v) is 5.53. The second-order valence-corrected chi connectivity index (χ2v) is 7.45. The van der Waals surface area contributed by atoms with Gasteiger partial charge < -0.3 is 10.2 Å². The SMILES string of the molecule is N#Cc1ccc(CN2CCN(C(=O)[C@H]3CC(=O)Nc4cc(F)ccc43)CC2)cc1. The van der Waals surface area contributed by atoms with Gasteiger partial charge in [0.25, 0.3) is 0 Å². The zero-order valence-electron chi connectivity index (χ0n) is 15.9. The Morgan fingerprint density at radius 2 is 1.86 bits per heavy atom. The molecule has 1 saturated heterocycles. The molecule has 0 radical (unpaired) electrons. The van der Waals surface area contributed by atoms with Gasteiger partial charge in [-0.05, 0) is 35.4 Å². The molecule has 0 aliphatic carbocycles. The molecule has 0 saturated carbocycles. The van der Waals surface area contributed by atoms with Crippen molar-refractivity contribution in [3.8, 4) is 6.07 Å². The van der Waals surface area contributed by atoms with Crippen molar-refractivity contribution in [1.29, 1.82) is 5.26 Å². The predicted octanol–water partition coefficient (Wildman–Crippen LogP) is 2.47. The number of nitrogens with zero attached hydrogens (tertiary/aromatic N) is 3. The second-order valence-electron chi connectivity index (χ2n) is 7.45. The fraction of sp³-hybridized carbons (Fsp3) is 0.318. The summed E-state index contributed by atoms with van der Waals surface area (Å²) in [6.07, 6.45) is 0.0862. The van der Waals surface area contributed by atoms with Crippen molar-refractivity contribution in [3.63, 3.8) is 0 Å². The van der Waals surface area contributed by atoms with Gasteiger partial charge in [-0.25, -0.2) is 4.39 Å². The molecule has 0 bridgehead atoms. The van der Waals surface area contributed by atoms with E-state index in [1.807, 2.05) is 24.3 Å². The Hall–Kier alpha value is -3.24. The van der Waals surface area contributed by atoms with E-state index in [4.69, 9.17) is 5.26 Å². The number of hydrogen-bond donors (Lipinski definition) is 1. The molecule has 1 atom stereocenters. The summed E-state index contributed by atoms with van der Waals surface area (Å²) in [6, 6.07) is 13.8. The molecular weight excluding hydrogens is 371 g/mol. The molecule has 2 aromatic rings. The van der Waals surface area contributed by atoms with Crippen molar-refractivity contribution < 1.29 is 14.0 Å². The van der Waals surface area contributed by atoms with Gasteiger partial charge in [0.05, 0.1) is 17.6 Å². The summed E-state index contributed by atoms with van der Waals surface area (Å²) < 4.78 is 13.5. The van der Waals surface area contributed by atoms with Gasteiger partial charge in [0, 0.05) is 44.8 Å². The van der Waals surface area contributed by atoms with Crippen molar-refractivity contribution in [1.82, 2.24) is 9.80 Å². The number of benzene rings is 2. The highest BCUT2D eigenvalue weighted by Gasteiger charge is 2.34. The van der Waals surface area contributed by atoms with Crippen molar-refractivity contribution in [2.75, 3.05) is 31.5 Å². The molecule has 2 amide bonds. The molecule has 148 valence electrons. The van der Waals surface area contributed by atoms with Crippen molar-refractivity contribution in [2.45, 2.75) is 18.9 Å². The van der Waals surface area contributed by atoms with Gasteiger partial charge in [-0.3, -0.25) is 14.5 Å². The van der Waals surface area contributed by atoms with E-state index in [9.17, 15) is 14.0 Å². The van der Waals surface area contributed by atoms with Crippen LogP contribution in [-0.2, 0) is 16.1 Å². The van der Waals surface area contributed by atoms with Crippen LogP contribution in [0.2, 0.25) is 0 Å². The Bertz CT molecular complexity index is 975. The summed E-state index contributed by atoms with van der Waals surface area (Å²) in [5.41, 5.74) is 2.83. The van der Waals surface area contributed by atoms with E-state index < -0.39 is 11.7 Å². The van der Waals surface area contributed by atoms with E-state index in [1.54, 1.807) is 11.0 Å². The summed E-state index contributed by atoms with van der Waals surface area (Å²) in [5.74, 6) is -1.34. The minimum atomic E-state index is -0.565. The van der Waals surface area contributed by atoms with Crippen LogP contribution in [0.5, 0.6) is 0 Å². The molecule has 0 unspecified atom stereocenters. The van der Waals surface area contributed by atoms with E-state index in [1.165, 1.54) is 12.1 Å². The lowest BCUT2D eigenvalue weighted by atomic mass is 9.89. The van der Waals surface area contributed by atoms with Crippen molar-refractivity contribution >= 4 is 17.5 Å². The summed E-state index contributed by atoms with van der Waals surface area (Å²) in [4.78, 5) is 29.2. The van der Waals surface area contributed by atoms with Gasteiger partial charge in [-0.2, -0.15) is 5.26 Å². The smallest absolute Gasteiger partial charge is 0.230 e. The number of halogens is 1. The molecule has 2 aliphatic rings. The van der Waals surface area contributed by atoms with Crippen molar-refractivity contribution in [3.05, 3.63) is 65.0 Å². The number of anilines is 1. The van der Waals surface area contributed by atoms with Gasteiger partial charge in [0.15, 0.2) is 0 Å². The lowest BCUT2D eigenvalue weighted by molar-refractivity contribution is -0.136. The van der Waals surface area contributed by atoms with Gasteiger partial charge in [0.2, 0.25) is 11.8 Å². The molecule has 7 heteroatoms. The highest BCUT2D eigenvalue weighted by atomic mass is 19.1. The minimum absolute atomic E-state index is 0.0780. The molecule has 29 heavy (non-hydrogen) atoms. The van der Waals surface area contributed by atoms with Crippen LogP contribution in [-0.4, -0.2) is 47.8 Å². The van der Waals surface area contributed by atoms with Crippen LogP contribution in [0.3, 0.4) is 0 Å². The number of hydrogen-bond acceptors (Lipinski definition) is 4. The molecule has 1 fully saturated rings. The largest absolute Gasteiger partial charge is 0.340 e. The third-order valence-electron chi connectivity index (χ3n) is 5.53. The van der Waals surface area contributed by atoms with E-state index in [0.717, 1.165) is 25.2 Å². The van der Waals surface area contributed by atoms with Gasteiger partial charge in [-0.1, -0.05) is 18.2 Å². The average molecular weight is 392 g/mol. The third kappa shape index (κ3) is 4.13. The highest BCUT2D eigenvalue weighted by Crippen LogP contribution is 2.34. The Labute approximate surface area is 168 Å². The quantitative estimate of drug-likeness (QED) is 0.871. The Morgan fingerprint density at radius 3 is 2.55 bits per heavy atom. The van der Waals surface area contributed by atoms with E-state index >= 15 is 0 Å². The first-order chi connectivity index (χ1) is 14.0. The summed E-state index contributed by atoms with van der Waals surface area (Å²) in [7, 11) is 0. The maximum Gasteiger partial charge on any atom is 0.230 e. The summed E-state index contributed by atoms with van der Waals surface area (Å²) in [6.45, 7) is 3.41. The number of carbonyl (C=O) groups is 2. The summed E-state index contributed by atoms with van der Waals surface area (Å²) in [5, 5.41) is 11.5. The second kappa shape index (κ2) is 8.02. The zero-order valence-corrected chi connectivity index (χ0v) is 15.9. The van der Waals surface area contributed by atoms with Crippen LogP contribution in [0.25, 0.3) is 0 Å². The number of carbonyl (C=O) groups excluding carboxylic acids is 2. The lowest BCUT2D eigenvalue weighted by Crippen LogP contribution is -2.50. The van der Waals surface area contributed by atoms with Crippen LogP contribution < -0.4 is 5.32 Å². The van der Waals surface area contributed by atoms with Crippen LogP contribution in [0.1, 0.15) is 29.0 Å². The standard InChI is InChI=1S/C22H21FN4O2/c23-17-5-6-18-19(12-21(28)25-20(18)11-17)22(29)27-9-7-26(8-10-27)14-16-3-1-15(13-24)2-4-16/h1-6,11,19H,7-10,12,14H2,(H,25,28)/t19-/m0/s1. The van der Waals surface area contributed by atoms with Crippen LogP contribution in [0.4, 0.5) is 10.1 Å². The first kappa shape index (κ1) is 19.1. The number of rotatable bonds is 3. The number of nitriles is 1. The van der Waals surface area contributed by atoms with Crippen LogP contribution in [0, 0.1) is 17.1 Å². The minimum Gasteiger partial charge on any atom is -0.340 e. The molecule has 6 nitrogen and oxygen atoms in total. The molecule has 0 spiro atoms. The predicted molar refractivity (Wildman–Crippen MR) is 105 cm³/mol. The lowest BCUT2D eigenvalue weighted by Gasteiger charge is -2.37. The molecule has 0 aromatic heterocycles. The Balaban J connectivity index is 1.39. The van der Waals surface area contributed by atoms with Crippen LogP contribution >= 0.6 is 0 Å². The molecule has 2 aliphatic heterocycles. The van der Waals surface area contributed by atoms with E-state index in [2.05, 4.69) is 16.3 Å². The highest BCUT2D eigenvalue weighted by molar-refractivity contribution is 6.01. The van der Waals surface area contributed by atoms with E-state index in [-0.39, 0.29) is 18.2 Å². The van der Waals surface area contributed by atoms with E-state index in [0.29, 0.717) is 29.9 Å². The number of fused-ring (bicyclic) bond motifs is 1. The normalized spacial score (nSPS) is 19.2. The topological polar surface area (TPSA) is 76.4 Å². The first-order valence-corrected chi connectivity index (χ1v) is 9.63. The van der Waals surface area contributed by atoms with Gasteiger partial charge in [-0.15, -0.1) is 0 Å². The number of nitrogens with one attached hydrogen (secondary N) is 1. The first-order valence-electron chi connectivity index (χ1n) is 9.63.